The molecule has 5 heteroatoms. The topological polar surface area (TPSA) is 53.6 Å². The lowest BCUT2D eigenvalue weighted by atomic mass is 10.1. The van der Waals surface area contributed by atoms with Crippen molar-refractivity contribution >= 4 is 11.8 Å². The van der Waals surface area contributed by atoms with Crippen molar-refractivity contribution in [3.8, 4) is 0 Å². The lowest BCUT2D eigenvalue weighted by Crippen LogP contribution is -2.14. The van der Waals surface area contributed by atoms with Crippen molar-refractivity contribution < 1.29 is 0 Å². The monoisotopic (exact) mass is 276 g/mol. The second-order valence-electron chi connectivity index (χ2n) is 4.59. The number of H-pyrrole nitrogens is 1. The van der Waals surface area contributed by atoms with Crippen LogP contribution in [0.3, 0.4) is 0 Å². The van der Waals surface area contributed by atoms with Gasteiger partial charge in [0.15, 0.2) is 0 Å². The molecular formula is C14H20N4S. The van der Waals surface area contributed by atoms with Gasteiger partial charge in [0.25, 0.3) is 0 Å². The number of nitrogens with one attached hydrogen (secondary N) is 2. The van der Waals surface area contributed by atoms with Crippen LogP contribution in [0.1, 0.15) is 30.3 Å². The standard InChI is InChI=1S/C14H20N4S/c1-4-7-15-9-12-8-10(2)5-6-13(12)19-14-16-11(3)17-18-14/h5-6,8,15H,4,7,9H2,1-3H3,(H,16,17,18). The average molecular weight is 276 g/mol. The summed E-state index contributed by atoms with van der Waals surface area (Å²) in [5.41, 5.74) is 2.59. The molecular weight excluding hydrogens is 256 g/mol. The van der Waals surface area contributed by atoms with Crippen molar-refractivity contribution in [3.63, 3.8) is 0 Å². The Balaban J connectivity index is 2.14. The third-order valence-electron chi connectivity index (χ3n) is 2.74. The molecule has 0 aliphatic heterocycles. The molecule has 0 spiro atoms. The van der Waals surface area contributed by atoms with Crippen molar-refractivity contribution in [1.29, 1.82) is 0 Å². The smallest absolute Gasteiger partial charge is 0.213 e. The van der Waals surface area contributed by atoms with E-state index >= 15 is 0 Å². The maximum atomic E-state index is 4.34. The van der Waals surface area contributed by atoms with Crippen LogP contribution in [0, 0.1) is 13.8 Å². The van der Waals surface area contributed by atoms with Crippen LogP contribution >= 0.6 is 11.8 Å². The van der Waals surface area contributed by atoms with Crippen LogP contribution in [0.4, 0.5) is 0 Å². The Labute approximate surface area is 118 Å². The van der Waals surface area contributed by atoms with E-state index in [1.165, 1.54) is 16.0 Å². The van der Waals surface area contributed by atoms with Gasteiger partial charge >= 0.3 is 0 Å². The van der Waals surface area contributed by atoms with Crippen molar-refractivity contribution in [1.82, 2.24) is 20.5 Å². The summed E-state index contributed by atoms with van der Waals surface area (Å²) in [4.78, 5) is 5.56. The molecule has 0 unspecified atom stereocenters. The summed E-state index contributed by atoms with van der Waals surface area (Å²) >= 11 is 1.61. The molecule has 102 valence electrons. The third kappa shape index (κ3) is 4.08. The molecule has 1 aromatic carbocycles. The van der Waals surface area contributed by atoms with Gasteiger partial charge in [0.1, 0.15) is 5.82 Å². The number of hydrogen-bond donors (Lipinski definition) is 2. The fraction of sp³-hybridized carbons (Fsp3) is 0.429. The summed E-state index contributed by atoms with van der Waals surface area (Å²) in [5.74, 6) is 0.847. The van der Waals surface area contributed by atoms with Crippen LogP contribution in [0.2, 0.25) is 0 Å². The highest BCUT2D eigenvalue weighted by Crippen LogP contribution is 2.28. The minimum Gasteiger partial charge on any atom is -0.313 e. The summed E-state index contributed by atoms with van der Waals surface area (Å²) in [6, 6.07) is 6.50. The molecule has 0 atom stereocenters. The van der Waals surface area contributed by atoms with E-state index in [0.717, 1.165) is 30.5 Å². The Morgan fingerprint density at radius 2 is 2.16 bits per heavy atom. The van der Waals surface area contributed by atoms with Crippen LogP contribution < -0.4 is 5.32 Å². The van der Waals surface area contributed by atoms with E-state index in [4.69, 9.17) is 0 Å². The van der Waals surface area contributed by atoms with Gasteiger partial charge in [-0.25, -0.2) is 4.98 Å². The van der Waals surface area contributed by atoms with E-state index in [2.05, 4.69) is 52.5 Å². The number of rotatable bonds is 6. The average Bonchev–Trinajstić information content (AvgIpc) is 2.78. The van der Waals surface area contributed by atoms with Crippen LogP contribution in [-0.2, 0) is 6.54 Å². The van der Waals surface area contributed by atoms with Crippen LogP contribution in [0.25, 0.3) is 0 Å². The second-order valence-corrected chi connectivity index (χ2v) is 5.60. The summed E-state index contributed by atoms with van der Waals surface area (Å²) < 4.78 is 0. The molecule has 4 nitrogen and oxygen atoms in total. The first kappa shape index (κ1) is 14.1. The van der Waals surface area contributed by atoms with Gasteiger partial charge in [0.05, 0.1) is 0 Å². The molecule has 0 amide bonds. The molecule has 2 rings (SSSR count). The van der Waals surface area contributed by atoms with Gasteiger partial charge in [0.2, 0.25) is 5.16 Å². The quantitative estimate of drug-likeness (QED) is 0.796. The van der Waals surface area contributed by atoms with E-state index in [1.54, 1.807) is 11.8 Å². The Morgan fingerprint density at radius 3 is 2.84 bits per heavy atom. The highest BCUT2D eigenvalue weighted by Gasteiger charge is 2.08. The van der Waals surface area contributed by atoms with E-state index < -0.39 is 0 Å². The van der Waals surface area contributed by atoms with E-state index in [9.17, 15) is 0 Å². The zero-order valence-electron chi connectivity index (χ0n) is 11.7. The summed E-state index contributed by atoms with van der Waals surface area (Å²) in [6.07, 6.45) is 1.15. The normalized spacial score (nSPS) is 10.9. The van der Waals surface area contributed by atoms with Gasteiger partial charge in [-0.05, 0) is 50.2 Å². The molecule has 0 saturated carbocycles. The molecule has 0 radical (unpaired) electrons. The second kappa shape index (κ2) is 6.73. The SMILES string of the molecule is CCCNCc1cc(C)ccc1Sc1n[nH]c(C)n1. The summed E-state index contributed by atoms with van der Waals surface area (Å²) in [5, 5.41) is 11.3. The molecule has 0 aliphatic carbocycles. The van der Waals surface area contributed by atoms with E-state index in [-0.39, 0.29) is 0 Å². The van der Waals surface area contributed by atoms with Crippen LogP contribution in [0.5, 0.6) is 0 Å². The van der Waals surface area contributed by atoms with Crippen molar-refractivity contribution in [2.24, 2.45) is 0 Å². The van der Waals surface area contributed by atoms with Crippen molar-refractivity contribution in [2.75, 3.05) is 6.54 Å². The van der Waals surface area contributed by atoms with Gasteiger partial charge in [-0.15, -0.1) is 5.10 Å². The Hall–Kier alpha value is -1.33. The highest BCUT2D eigenvalue weighted by molar-refractivity contribution is 7.99. The Morgan fingerprint density at radius 1 is 1.32 bits per heavy atom. The molecule has 2 N–H and O–H groups in total. The first-order valence-electron chi connectivity index (χ1n) is 6.56. The summed E-state index contributed by atoms with van der Waals surface area (Å²) in [6.45, 7) is 8.14. The summed E-state index contributed by atoms with van der Waals surface area (Å²) in [7, 11) is 0. The Kier molecular flexibility index (Phi) is 4.99. The zero-order chi connectivity index (χ0) is 13.7. The van der Waals surface area contributed by atoms with Crippen molar-refractivity contribution in [3.05, 3.63) is 35.2 Å². The maximum absolute atomic E-state index is 4.34. The number of hydrogen-bond acceptors (Lipinski definition) is 4. The number of aromatic amines is 1. The lowest BCUT2D eigenvalue weighted by Gasteiger charge is -2.09. The predicted octanol–water partition coefficient (Wildman–Crippen LogP) is 3.07. The predicted molar refractivity (Wildman–Crippen MR) is 78.4 cm³/mol. The molecule has 0 bridgehead atoms. The minimum atomic E-state index is 0.776. The third-order valence-corrected chi connectivity index (χ3v) is 3.72. The van der Waals surface area contributed by atoms with Gasteiger partial charge < -0.3 is 5.32 Å². The van der Waals surface area contributed by atoms with Gasteiger partial charge in [-0.3, -0.25) is 5.10 Å². The number of aryl methyl sites for hydroxylation is 2. The number of benzene rings is 1. The lowest BCUT2D eigenvalue weighted by molar-refractivity contribution is 0.669. The highest BCUT2D eigenvalue weighted by atomic mass is 32.2. The minimum absolute atomic E-state index is 0.776. The van der Waals surface area contributed by atoms with E-state index in [0.29, 0.717) is 0 Å². The molecule has 19 heavy (non-hydrogen) atoms. The first-order valence-corrected chi connectivity index (χ1v) is 7.37. The maximum Gasteiger partial charge on any atom is 0.213 e. The molecule has 1 aromatic heterocycles. The Bertz CT molecular complexity index is 536. The molecule has 0 saturated heterocycles. The van der Waals surface area contributed by atoms with Crippen molar-refractivity contribution in [2.45, 2.75) is 43.8 Å². The fourth-order valence-corrected chi connectivity index (χ4v) is 2.68. The van der Waals surface area contributed by atoms with Crippen LogP contribution in [0.15, 0.2) is 28.3 Å². The molecule has 2 aromatic rings. The van der Waals surface area contributed by atoms with Gasteiger partial charge in [-0.2, -0.15) is 0 Å². The molecule has 0 fully saturated rings. The van der Waals surface area contributed by atoms with E-state index in [1.807, 2.05) is 6.92 Å². The van der Waals surface area contributed by atoms with Crippen LogP contribution in [-0.4, -0.2) is 21.7 Å². The number of aromatic nitrogens is 3. The zero-order valence-corrected chi connectivity index (χ0v) is 12.5. The fourth-order valence-electron chi connectivity index (χ4n) is 1.81. The van der Waals surface area contributed by atoms with Gasteiger partial charge in [0, 0.05) is 11.4 Å². The van der Waals surface area contributed by atoms with Gasteiger partial charge in [-0.1, -0.05) is 24.6 Å². The largest absolute Gasteiger partial charge is 0.313 e. The number of nitrogens with zero attached hydrogens (tertiary/aromatic N) is 2. The molecule has 1 heterocycles. The first-order chi connectivity index (χ1) is 9.19. The molecule has 0 aliphatic rings.